The Bertz CT molecular complexity index is 609. The van der Waals surface area contributed by atoms with Gasteiger partial charge in [-0.1, -0.05) is 36.4 Å². The molecule has 0 radical (unpaired) electrons. The van der Waals surface area contributed by atoms with Crippen LogP contribution in [0.15, 0.2) is 36.4 Å². The van der Waals surface area contributed by atoms with E-state index in [0.717, 1.165) is 18.1 Å². The summed E-state index contributed by atoms with van der Waals surface area (Å²) in [5.74, 6) is 2.08. The lowest BCUT2D eigenvalue weighted by Crippen LogP contribution is -2.21. The maximum absolute atomic E-state index is 6.15. The zero-order valence-corrected chi connectivity index (χ0v) is 13.6. The Labute approximate surface area is 131 Å². The predicted octanol–water partition coefficient (Wildman–Crippen LogP) is 4.39. The van der Waals surface area contributed by atoms with Gasteiger partial charge in [-0.15, -0.1) is 0 Å². The van der Waals surface area contributed by atoms with Crippen LogP contribution in [0.25, 0.3) is 10.8 Å². The molecule has 1 atom stereocenters. The first-order chi connectivity index (χ1) is 10.3. The molecule has 1 aliphatic carbocycles. The zero-order chi connectivity index (χ0) is 14.7. The van der Waals surface area contributed by atoms with Crippen LogP contribution < -0.4 is 10.1 Å². The van der Waals surface area contributed by atoms with Crippen LogP contribution in [-0.4, -0.2) is 24.7 Å². The molecule has 2 nitrogen and oxygen atoms in total. The van der Waals surface area contributed by atoms with Crippen molar-refractivity contribution >= 4 is 22.5 Å². The van der Waals surface area contributed by atoms with Crippen molar-refractivity contribution in [1.29, 1.82) is 0 Å². The van der Waals surface area contributed by atoms with Gasteiger partial charge in [-0.05, 0) is 31.4 Å². The number of ether oxygens (including phenoxy) is 1. The van der Waals surface area contributed by atoms with Crippen LogP contribution in [0.2, 0.25) is 0 Å². The number of fused-ring (bicyclic) bond motifs is 1. The molecular formula is C18H23NOS. The van der Waals surface area contributed by atoms with Gasteiger partial charge < -0.3 is 10.1 Å². The highest BCUT2D eigenvalue weighted by Gasteiger charge is 2.25. The van der Waals surface area contributed by atoms with Crippen molar-refractivity contribution in [3.8, 4) is 5.75 Å². The summed E-state index contributed by atoms with van der Waals surface area (Å²) in [4.78, 5) is 0. The first-order valence-electron chi connectivity index (χ1n) is 7.69. The summed E-state index contributed by atoms with van der Waals surface area (Å²) < 4.78 is 6.15. The molecule has 0 spiro atoms. The summed E-state index contributed by atoms with van der Waals surface area (Å²) in [5.41, 5.74) is 1.28. The molecule has 0 bridgehead atoms. The fourth-order valence-corrected chi connectivity index (χ4v) is 2.93. The quantitative estimate of drug-likeness (QED) is 0.766. The summed E-state index contributed by atoms with van der Waals surface area (Å²) in [7, 11) is 0. The molecule has 0 aromatic heterocycles. The molecule has 3 heteroatoms. The molecule has 112 valence electrons. The van der Waals surface area contributed by atoms with Gasteiger partial charge in [0.25, 0.3) is 0 Å². The minimum atomic E-state index is 0.339. The van der Waals surface area contributed by atoms with Gasteiger partial charge in [-0.2, -0.15) is 11.8 Å². The third-order valence-corrected chi connectivity index (χ3v) is 4.55. The molecule has 0 saturated heterocycles. The van der Waals surface area contributed by atoms with Crippen molar-refractivity contribution in [2.75, 3.05) is 18.6 Å². The van der Waals surface area contributed by atoms with Gasteiger partial charge in [0.1, 0.15) is 5.75 Å². The van der Waals surface area contributed by atoms with E-state index in [0.29, 0.717) is 12.1 Å². The van der Waals surface area contributed by atoms with Crippen LogP contribution in [0.3, 0.4) is 0 Å². The lowest BCUT2D eigenvalue weighted by Gasteiger charge is -2.20. The summed E-state index contributed by atoms with van der Waals surface area (Å²) in [5, 5.41) is 6.15. The van der Waals surface area contributed by atoms with E-state index in [4.69, 9.17) is 4.74 Å². The first kappa shape index (κ1) is 14.7. The second-order valence-corrected chi connectivity index (χ2v) is 6.69. The monoisotopic (exact) mass is 301 g/mol. The minimum absolute atomic E-state index is 0.339. The Kier molecular flexibility index (Phi) is 4.71. The number of nitrogens with one attached hydrogen (secondary N) is 1. The number of benzene rings is 2. The molecule has 1 fully saturated rings. The van der Waals surface area contributed by atoms with Crippen molar-refractivity contribution < 1.29 is 4.74 Å². The normalized spacial score (nSPS) is 16.1. The Morgan fingerprint density at radius 3 is 2.81 bits per heavy atom. The van der Waals surface area contributed by atoms with Gasteiger partial charge in [-0.25, -0.2) is 0 Å². The molecule has 0 aliphatic heterocycles. The van der Waals surface area contributed by atoms with Crippen LogP contribution in [-0.2, 0) is 0 Å². The van der Waals surface area contributed by atoms with Crippen molar-refractivity contribution in [3.05, 3.63) is 42.0 Å². The SMILES string of the molecule is CSCCOc1c(C(C)NC2CC2)ccc2ccccc12. The highest BCUT2D eigenvalue weighted by atomic mass is 32.2. The molecule has 1 N–H and O–H groups in total. The average Bonchev–Trinajstić information content (AvgIpc) is 3.31. The average molecular weight is 301 g/mol. The summed E-state index contributed by atoms with van der Waals surface area (Å²) in [6.45, 7) is 3.00. The van der Waals surface area contributed by atoms with E-state index >= 15 is 0 Å². The van der Waals surface area contributed by atoms with Gasteiger partial charge in [-0.3, -0.25) is 0 Å². The van der Waals surface area contributed by atoms with Crippen LogP contribution in [0.1, 0.15) is 31.4 Å². The van der Waals surface area contributed by atoms with E-state index in [1.54, 1.807) is 0 Å². The smallest absolute Gasteiger partial charge is 0.131 e. The van der Waals surface area contributed by atoms with Crippen molar-refractivity contribution in [2.24, 2.45) is 0 Å². The van der Waals surface area contributed by atoms with Gasteiger partial charge in [0.15, 0.2) is 0 Å². The minimum Gasteiger partial charge on any atom is -0.492 e. The fraction of sp³-hybridized carbons (Fsp3) is 0.444. The van der Waals surface area contributed by atoms with Crippen LogP contribution in [0.5, 0.6) is 5.75 Å². The van der Waals surface area contributed by atoms with Gasteiger partial charge in [0.2, 0.25) is 0 Å². The molecule has 2 aromatic carbocycles. The molecular weight excluding hydrogens is 278 g/mol. The molecule has 21 heavy (non-hydrogen) atoms. The van der Waals surface area contributed by atoms with E-state index < -0.39 is 0 Å². The highest BCUT2D eigenvalue weighted by molar-refractivity contribution is 7.98. The van der Waals surface area contributed by atoms with Crippen LogP contribution >= 0.6 is 11.8 Å². The standard InChI is InChI=1S/C18H23NOS/c1-13(19-15-8-9-15)16-10-7-14-5-3-4-6-17(14)18(16)20-11-12-21-2/h3-7,10,13,15,19H,8-9,11-12H2,1-2H3. The first-order valence-corrected chi connectivity index (χ1v) is 9.08. The molecule has 0 amide bonds. The third kappa shape index (κ3) is 3.53. The summed E-state index contributed by atoms with van der Waals surface area (Å²) in [6, 6.07) is 14.0. The van der Waals surface area contributed by atoms with Crippen LogP contribution in [0.4, 0.5) is 0 Å². The molecule has 0 heterocycles. The maximum Gasteiger partial charge on any atom is 0.131 e. The van der Waals surface area contributed by atoms with Gasteiger partial charge in [0.05, 0.1) is 6.61 Å². The fourth-order valence-electron chi connectivity index (χ4n) is 2.68. The lowest BCUT2D eigenvalue weighted by molar-refractivity contribution is 0.340. The molecule has 1 aliphatic rings. The Morgan fingerprint density at radius 2 is 2.05 bits per heavy atom. The van der Waals surface area contributed by atoms with E-state index in [1.807, 2.05) is 11.8 Å². The van der Waals surface area contributed by atoms with Gasteiger partial charge in [0, 0.05) is 28.8 Å². The number of thioether (sulfide) groups is 1. The van der Waals surface area contributed by atoms with Crippen molar-refractivity contribution in [1.82, 2.24) is 5.32 Å². The Balaban J connectivity index is 1.93. The second-order valence-electron chi connectivity index (χ2n) is 5.71. The van der Waals surface area contributed by atoms with Crippen molar-refractivity contribution in [3.63, 3.8) is 0 Å². The van der Waals surface area contributed by atoms with E-state index in [2.05, 4.69) is 54.9 Å². The zero-order valence-electron chi connectivity index (χ0n) is 12.8. The maximum atomic E-state index is 6.15. The third-order valence-electron chi connectivity index (χ3n) is 3.97. The summed E-state index contributed by atoms with van der Waals surface area (Å²) >= 11 is 1.82. The van der Waals surface area contributed by atoms with E-state index in [9.17, 15) is 0 Å². The number of rotatable bonds is 7. The lowest BCUT2D eigenvalue weighted by atomic mass is 10.0. The largest absolute Gasteiger partial charge is 0.492 e. The Morgan fingerprint density at radius 1 is 1.24 bits per heavy atom. The molecule has 3 rings (SSSR count). The Hall–Kier alpha value is -1.19. The van der Waals surface area contributed by atoms with E-state index in [-0.39, 0.29) is 0 Å². The van der Waals surface area contributed by atoms with Gasteiger partial charge >= 0.3 is 0 Å². The highest BCUT2D eigenvalue weighted by Crippen LogP contribution is 2.35. The molecule has 1 saturated carbocycles. The van der Waals surface area contributed by atoms with E-state index in [1.165, 1.54) is 29.2 Å². The number of hydrogen-bond donors (Lipinski definition) is 1. The molecule has 1 unspecified atom stereocenters. The summed E-state index contributed by atoms with van der Waals surface area (Å²) in [6.07, 6.45) is 4.73. The van der Waals surface area contributed by atoms with Crippen molar-refractivity contribution in [2.45, 2.75) is 31.8 Å². The van der Waals surface area contributed by atoms with Crippen LogP contribution in [0, 0.1) is 0 Å². The topological polar surface area (TPSA) is 21.3 Å². The second kappa shape index (κ2) is 6.71. The number of hydrogen-bond acceptors (Lipinski definition) is 3. The molecule has 2 aromatic rings. The predicted molar refractivity (Wildman–Crippen MR) is 92.4 cm³/mol.